The zero-order valence-corrected chi connectivity index (χ0v) is 17.2. The number of rotatable bonds is 6. The van der Waals surface area contributed by atoms with Gasteiger partial charge in [0, 0.05) is 49.2 Å². The minimum Gasteiger partial charge on any atom is -0.472 e. The van der Waals surface area contributed by atoms with E-state index in [1.54, 1.807) is 24.8 Å². The van der Waals surface area contributed by atoms with Crippen molar-refractivity contribution in [3.05, 3.63) is 67.1 Å². The fourth-order valence-electron chi connectivity index (χ4n) is 3.56. The third-order valence-electron chi connectivity index (χ3n) is 5.22. The van der Waals surface area contributed by atoms with Crippen molar-refractivity contribution in [1.82, 2.24) is 25.5 Å². The molecule has 1 aliphatic heterocycles. The van der Waals surface area contributed by atoms with Gasteiger partial charge in [-0.2, -0.15) is 5.10 Å². The van der Waals surface area contributed by atoms with Crippen molar-refractivity contribution >= 4 is 28.8 Å². The van der Waals surface area contributed by atoms with E-state index in [0.717, 1.165) is 37.4 Å². The summed E-state index contributed by atoms with van der Waals surface area (Å²) in [5.41, 5.74) is 4.21. The number of hydrogen-bond acceptors (Lipinski definition) is 8. The van der Waals surface area contributed by atoms with Crippen molar-refractivity contribution < 1.29 is 9.21 Å². The van der Waals surface area contributed by atoms with Gasteiger partial charge in [0.2, 0.25) is 0 Å². The van der Waals surface area contributed by atoms with Crippen LogP contribution in [-0.4, -0.2) is 52.3 Å². The van der Waals surface area contributed by atoms with Gasteiger partial charge in [-0.15, -0.1) is 0 Å². The van der Waals surface area contributed by atoms with Crippen molar-refractivity contribution in [3.8, 4) is 11.3 Å². The lowest BCUT2D eigenvalue weighted by Crippen LogP contribution is -2.43. The van der Waals surface area contributed by atoms with Crippen molar-refractivity contribution in [1.29, 1.82) is 0 Å². The summed E-state index contributed by atoms with van der Waals surface area (Å²) in [7, 11) is 0. The van der Waals surface area contributed by atoms with Crippen LogP contribution in [-0.2, 0) is 0 Å². The van der Waals surface area contributed by atoms with E-state index < -0.39 is 0 Å². The second-order valence-electron chi connectivity index (χ2n) is 7.32. The van der Waals surface area contributed by atoms with E-state index in [1.807, 2.05) is 30.3 Å². The van der Waals surface area contributed by atoms with Gasteiger partial charge in [0.05, 0.1) is 30.1 Å². The van der Waals surface area contributed by atoms with Crippen molar-refractivity contribution in [3.63, 3.8) is 0 Å². The first-order chi connectivity index (χ1) is 15.8. The summed E-state index contributed by atoms with van der Waals surface area (Å²) in [4.78, 5) is 23.6. The number of aromatic nitrogens is 4. The third-order valence-corrected chi connectivity index (χ3v) is 5.22. The van der Waals surface area contributed by atoms with Crippen LogP contribution in [0.25, 0.3) is 11.3 Å². The highest BCUT2D eigenvalue weighted by Gasteiger charge is 2.16. The standard InChI is InChI=1S/C22H22N8O2/c31-22(27-16-1-3-17(4-2-16)30-8-6-23-7-9-30)21-19(12-26-29-21)28-20-11-18(24-14-25-20)15-5-10-32-13-15/h1-5,10-14,23H,6-9H2,(H,26,29)(H,27,31)(H,24,25,28). The number of nitrogens with one attached hydrogen (secondary N) is 4. The Morgan fingerprint density at radius 2 is 1.94 bits per heavy atom. The lowest BCUT2D eigenvalue weighted by molar-refractivity contribution is 0.102. The molecule has 0 spiro atoms. The number of aromatic amines is 1. The van der Waals surface area contributed by atoms with Crippen molar-refractivity contribution in [2.45, 2.75) is 0 Å². The molecule has 0 radical (unpaired) electrons. The minimum atomic E-state index is -0.302. The predicted octanol–water partition coefficient (Wildman–Crippen LogP) is 2.87. The first-order valence-corrected chi connectivity index (χ1v) is 10.3. The van der Waals surface area contributed by atoms with Crippen LogP contribution >= 0.6 is 0 Å². The monoisotopic (exact) mass is 430 g/mol. The molecule has 0 atom stereocenters. The molecular formula is C22H22N8O2. The van der Waals surface area contributed by atoms with Gasteiger partial charge in [0.1, 0.15) is 17.8 Å². The number of H-pyrrole nitrogens is 1. The molecule has 0 aliphatic carbocycles. The van der Waals surface area contributed by atoms with Crippen LogP contribution in [0.4, 0.5) is 22.9 Å². The van der Waals surface area contributed by atoms with E-state index in [-0.39, 0.29) is 5.91 Å². The lowest BCUT2D eigenvalue weighted by Gasteiger charge is -2.29. The fraction of sp³-hybridized carbons (Fsp3) is 0.182. The minimum absolute atomic E-state index is 0.302. The molecule has 5 rings (SSSR count). The second-order valence-corrected chi connectivity index (χ2v) is 7.32. The summed E-state index contributed by atoms with van der Waals surface area (Å²) in [5, 5.41) is 16.1. The summed E-state index contributed by atoms with van der Waals surface area (Å²) < 4.78 is 5.11. The average molecular weight is 430 g/mol. The fourth-order valence-corrected chi connectivity index (χ4v) is 3.56. The van der Waals surface area contributed by atoms with Crippen LogP contribution < -0.4 is 20.9 Å². The van der Waals surface area contributed by atoms with Crippen molar-refractivity contribution in [2.24, 2.45) is 0 Å². The molecule has 0 bridgehead atoms. The average Bonchev–Trinajstić information content (AvgIpc) is 3.53. The molecule has 1 fully saturated rings. The maximum Gasteiger partial charge on any atom is 0.275 e. The molecule has 10 nitrogen and oxygen atoms in total. The highest BCUT2D eigenvalue weighted by molar-refractivity contribution is 6.06. The van der Waals surface area contributed by atoms with Gasteiger partial charge in [-0.05, 0) is 30.3 Å². The summed E-state index contributed by atoms with van der Waals surface area (Å²) in [6.45, 7) is 3.90. The number of carbonyl (C=O) groups excluding carboxylic acids is 1. The SMILES string of the molecule is O=C(Nc1ccc(N2CCNCC2)cc1)c1[nH]ncc1Nc1cc(-c2ccoc2)ncn1. The van der Waals surface area contributed by atoms with E-state index in [2.05, 4.69) is 41.0 Å². The highest BCUT2D eigenvalue weighted by atomic mass is 16.3. The lowest BCUT2D eigenvalue weighted by atomic mass is 10.2. The molecule has 1 aliphatic rings. The van der Waals surface area contributed by atoms with Crippen LogP contribution in [0.2, 0.25) is 0 Å². The molecule has 10 heteroatoms. The summed E-state index contributed by atoms with van der Waals surface area (Å²) in [5.74, 6) is 0.232. The van der Waals surface area contributed by atoms with Crippen LogP contribution in [0.3, 0.4) is 0 Å². The Labute approximate surface area is 184 Å². The quantitative estimate of drug-likeness (QED) is 0.368. The Balaban J connectivity index is 1.27. The molecule has 1 aromatic carbocycles. The summed E-state index contributed by atoms with van der Waals surface area (Å²) >= 11 is 0. The second kappa shape index (κ2) is 8.90. The highest BCUT2D eigenvalue weighted by Crippen LogP contribution is 2.24. The number of furan rings is 1. The maximum absolute atomic E-state index is 12.8. The Morgan fingerprint density at radius 3 is 2.72 bits per heavy atom. The predicted molar refractivity (Wildman–Crippen MR) is 121 cm³/mol. The molecule has 162 valence electrons. The Hall–Kier alpha value is -4.18. The number of nitrogens with zero attached hydrogens (tertiary/aromatic N) is 4. The number of piperazine rings is 1. The van der Waals surface area contributed by atoms with Gasteiger partial charge in [-0.25, -0.2) is 9.97 Å². The number of hydrogen-bond donors (Lipinski definition) is 4. The molecule has 1 saturated heterocycles. The van der Waals surface area contributed by atoms with Gasteiger partial charge in [-0.3, -0.25) is 9.89 Å². The van der Waals surface area contributed by atoms with Gasteiger partial charge in [-0.1, -0.05) is 0 Å². The molecule has 0 saturated carbocycles. The topological polar surface area (TPSA) is 124 Å². The molecular weight excluding hydrogens is 408 g/mol. The Kier molecular flexibility index (Phi) is 5.50. The summed E-state index contributed by atoms with van der Waals surface area (Å²) in [6.07, 6.45) is 6.18. The zero-order valence-electron chi connectivity index (χ0n) is 17.2. The van der Waals surface area contributed by atoms with Gasteiger partial charge >= 0.3 is 0 Å². The normalized spacial score (nSPS) is 13.7. The molecule has 0 unspecified atom stereocenters. The number of anilines is 4. The first-order valence-electron chi connectivity index (χ1n) is 10.3. The molecule has 4 heterocycles. The van der Waals surface area contributed by atoms with Gasteiger partial charge in [0.25, 0.3) is 5.91 Å². The number of benzene rings is 1. The van der Waals surface area contributed by atoms with E-state index in [9.17, 15) is 4.79 Å². The molecule has 3 aromatic heterocycles. The molecule has 1 amide bonds. The van der Waals surface area contributed by atoms with Crippen LogP contribution in [0.5, 0.6) is 0 Å². The smallest absolute Gasteiger partial charge is 0.275 e. The first kappa shape index (κ1) is 19.8. The van der Waals surface area contributed by atoms with Crippen molar-refractivity contribution in [2.75, 3.05) is 41.7 Å². The Morgan fingerprint density at radius 1 is 1.09 bits per heavy atom. The van der Waals surface area contributed by atoms with Gasteiger partial charge in [0.15, 0.2) is 0 Å². The molecule has 4 aromatic rings. The zero-order chi connectivity index (χ0) is 21.8. The van der Waals surface area contributed by atoms with Gasteiger partial charge < -0.3 is 25.3 Å². The maximum atomic E-state index is 12.8. The largest absolute Gasteiger partial charge is 0.472 e. The third kappa shape index (κ3) is 4.30. The summed E-state index contributed by atoms with van der Waals surface area (Å²) in [6, 6.07) is 11.4. The van der Waals surface area contributed by atoms with Crippen LogP contribution in [0.15, 0.2) is 65.9 Å². The van der Waals surface area contributed by atoms with E-state index in [1.165, 1.54) is 6.33 Å². The number of carbonyl (C=O) groups is 1. The molecule has 32 heavy (non-hydrogen) atoms. The van der Waals surface area contributed by atoms with E-state index >= 15 is 0 Å². The molecule has 4 N–H and O–H groups in total. The van der Waals surface area contributed by atoms with Crippen LogP contribution in [0, 0.1) is 0 Å². The Bertz CT molecular complexity index is 1180. The van der Waals surface area contributed by atoms with E-state index in [0.29, 0.717) is 28.6 Å². The number of amides is 1. The van der Waals surface area contributed by atoms with E-state index in [4.69, 9.17) is 4.42 Å². The van der Waals surface area contributed by atoms with Crippen LogP contribution in [0.1, 0.15) is 10.5 Å².